The summed E-state index contributed by atoms with van der Waals surface area (Å²) in [5.41, 5.74) is 7.46. The van der Waals surface area contributed by atoms with Gasteiger partial charge in [0.05, 0.1) is 0 Å². The first kappa shape index (κ1) is 11.1. The van der Waals surface area contributed by atoms with Crippen LogP contribution in [0.5, 0.6) is 0 Å². The summed E-state index contributed by atoms with van der Waals surface area (Å²) in [6.45, 7) is 1.98. The molecule has 0 aromatic carbocycles. The van der Waals surface area contributed by atoms with E-state index in [1.165, 1.54) is 6.33 Å². The van der Waals surface area contributed by atoms with Gasteiger partial charge in [-0.15, -0.1) is 0 Å². The summed E-state index contributed by atoms with van der Waals surface area (Å²) < 4.78 is 0. The van der Waals surface area contributed by atoms with Crippen LogP contribution in [0.25, 0.3) is 0 Å². The highest BCUT2D eigenvalue weighted by Crippen LogP contribution is 2.24. The molecule has 2 aromatic heterocycles. The lowest BCUT2D eigenvalue weighted by molar-refractivity contribution is 1.15. The van der Waals surface area contributed by atoms with E-state index in [4.69, 9.17) is 5.73 Å². The molecule has 2 rings (SSSR count). The zero-order valence-corrected chi connectivity index (χ0v) is 9.73. The van der Waals surface area contributed by atoms with Gasteiger partial charge in [0.25, 0.3) is 0 Å². The monoisotopic (exact) mass is 230 g/mol. The number of hydrogen-bond donors (Lipinski definition) is 3. The second kappa shape index (κ2) is 4.65. The molecular weight excluding hydrogens is 216 g/mol. The highest BCUT2D eigenvalue weighted by atomic mass is 15.1. The van der Waals surface area contributed by atoms with Gasteiger partial charge in [-0.1, -0.05) is 6.07 Å². The van der Waals surface area contributed by atoms with Gasteiger partial charge in [-0.25, -0.2) is 15.0 Å². The van der Waals surface area contributed by atoms with Gasteiger partial charge >= 0.3 is 0 Å². The Morgan fingerprint density at radius 2 is 1.88 bits per heavy atom. The normalized spacial score (nSPS) is 10.0. The van der Waals surface area contributed by atoms with Gasteiger partial charge in [0.1, 0.15) is 17.8 Å². The van der Waals surface area contributed by atoms with E-state index in [-0.39, 0.29) is 0 Å². The number of hydrogen-bond acceptors (Lipinski definition) is 6. The molecule has 17 heavy (non-hydrogen) atoms. The smallest absolute Gasteiger partial charge is 0.160 e. The minimum Gasteiger partial charge on any atom is -0.393 e. The average Bonchev–Trinajstić information content (AvgIpc) is 2.35. The Balaban J connectivity index is 2.27. The first-order valence-electron chi connectivity index (χ1n) is 5.18. The van der Waals surface area contributed by atoms with Crippen molar-refractivity contribution < 1.29 is 0 Å². The molecule has 6 heteroatoms. The lowest BCUT2D eigenvalue weighted by atomic mass is 10.3. The Kier molecular flexibility index (Phi) is 3.04. The number of nitrogens with one attached hydrogen (secondary N) is 2. The van der Waals surface area contributed by atoms with Crippen LogP contribution in [0.2, 0.25) is 0 Å². The maximum Gasteiger partial charge on any atom is 0.160 e. The van der Waals surface area contributed by atoms with Gasteiger partial charge in [0, 0.05) is 13.2 Å². The highest BCUT2D eigenvalue weighted by molar-refractivity contribution is 5.76. The summed E-state index contributed by atoms with van der Waals surface area (Å²) in [5, 5.41) is 5.94. The molecule has 0 radical (unpaired) electrons. The van der Waals surface area contributed by atoms with Crippen LogP contribution in [0.4, 0.5) is 23.1 Å². The Bertz CT molecular complexity index is 508. The van der Waals surface area contributed by atoms with Crippen molar-refractivity contribution in [3.05, 3.63) is 30.2 Å². The maximum absolute atomic E-state index is 5.89. The minimum atomic E-state index is 0.470. The van der Waals surface area contributed by atoms with E-state index in [1.807, 2.05) is 19.1 Å². The molecule has 0 spiro atoms. The summed E-state index contributed by atoms with van der Waals surface area (Å²) in [6, 6.07) is 3.83. The zero-order chi connectivity index (χ0) is 12.3. The molecule has 0 atom stereocenters. The number of nitrogens with zero attached hydrogens (tertiary/aromatic N) is 3. The molecule has 0 unspecified atom stereocenters. The summed E-state index contributed by atoms with van der Waals surface area (Å²) >= 11 is 0. The van der Waals surface area contributed by atoms with E-state index in [9.17, 15) is 0 Å². The first-order chi connectivity index (χ1) is 8.20. The van der Waals surface area contributed by atoms with Crippen molar-refractivity contribution in [2.45, 2.75) is 6.92 Å². The number of pyridine rings is 1. The van der Waals surface area contributed by atoms with E-state index >= 15 is 0 Å². The van der Waals surface area contributed by atoms with E-state index in [2.05, 4.69) is 25.6 Å². The Labute approximate surface area is 99.3 Å². The van der Waals surface area contributed by atoms with Crippen molar-refractivity contribution in [3.63, 3.8) is 0 Å². The number of nitrogens with two attached hydrogens (primary N) is 1. The summed E-state index contributed by atoms with van der Waals surface area (Å²) in [7, 11) is 1.76. The zero-order valence-electron chi connectivity index (χ0n) is 9.73. The van der Waals surface area contributed by atoms with Crippen LogP contribution in [-0.4, -0.2) is 22.0 Å². The standard InChI is InChI=1S/C11H14N6/c1-7-3-4-8(14-5-7)17-11-9(12)10(13-2)15-6-16-11/h3-6H,12H2,1-2H3,(H2,13,14,15,16,17). The number of aromatic nitrogens is 3. The summed E-state index contributed by atoms with van der Waals surface area (Å²) in [6.07, 6.45) is 3.22. The Morgan fingerprint density at radius 1 is 1.12 bits per heavy atom. The minimum absolute atomic E-state index is 0.470. The van der Waals surface area contributed by atoms with Crippen LogP contribution in [0.1, 0.15) is 5.56 Å². The van der Waals surface area contributed by atoms with Crippen LogP contribution in [0, 0.1) is 6.92 Å². The quantitative estimate of drug-likeness (QED) is 0.741. The van der Waals surface area contributed by atoms with Crippen LogP contribution >= 0.6 is 0 Å². The molecule has 0 bridgehead atoms. The third kappa shape index (κ3) is 2.41. The number of aryl methyl sites for hydroxylation is 1. The molecule has 0 aliphatic carbocycles. The van der Waals surface area contributed by atoms with Crippen molar-refractivity contribution in [2.75, 3.05) is 23.4 Å². The van der Waals surface area contributed by atoms with Crippen LogP contribution in [0.15, 0.2) is 24.7 Å². The fraction of sp³-hybridized carbons (Fsp3) is 0.182. The van der Waals surface area contributed by atoms with Gasteiger partial charge in [-0.2, -0.15) is 0 Å². The van der Waals surface area contributed by atoms with Crippen molar-refractivity contribution >= 4 is 23.1 Å². The van der Waals surface area contributed by atoms with Crippen molar-refractivity contribution in [3.8, 4) is 0 Å². The summed E-state index contributed by atoms with van der Waals surface area (Å²) in [4.78, 5) is 12.3. The van der Waals surface area contributed by atoms with Gasteiger partial charge in [0.2, 0.25) is 0 Å². The molecule has 88 valence electrons. The van der Waals surface area contributed by atoms with E-state index in [0.29, 0.717) is 23.1 Å². The summed E-state index contributed by atoms with van der Waals surface area (Å²) in [5.74, 6) is 1.83. The predicted octanol–water partition coefficient (Wildman–Crippen LogP) is 1.55. The second-order valence-corrected chi connectivity index (χ2v) is 3.58. The molecule has 2 aromatic rings. The Hall–Kier alpha value is -2.37. The topological polar surface area (TPSA) is 88.8 Å². The predicted molar refractivity (Wildman–Crippen MR) is 68.2 cm³/mol. The molecule has 0 saturated heterocycles. The fourth-order valence-electron chi connectivity index (χ4n) is 1.36. The molecule has 6 nitrogen and oxygen atoms in total. The molecular formula is C11H14N6. The van der Waals surface area contributed by atoms with Crippen molar-refractivity contribution in [1.82, 2.24) is 15.0 Å². The van der Waals surface area contributed by atoms with E-state index in [1.54, 1.807) is 13.2 Å². The molecule has 0 saturated carbocycles. The molecule has 2 heterocycles. The molecule has 0 aliphatic heterocycles. The first-order valence-corrected chi connectivity index (χ1v) is 5.18. The second-order valence-electron chi connectivity index (χ2n) is 3.58. The van der Waals surface area contributed by atoms with E-state index in [0.717, 1.165) is 5.56 Å². The van der Waals surface area contributed by atoms with Gasteiger partial charge in [-0.3, -0.25) is 0 Å². The molecule has 4 N–H and O–H groups in total. The highest BCUT2D eigenvalue weighted by Gasteiger charge is 2.06. The largest absolute Gasteiger partial charge is 0.393 e. The Morgan fingerprint density at radius 3 is 2.53 bits per heavy atom. The van der Waals surface area contributed by atoms with Crippen LogP contribution in [-0.2, 0) is 0 Å². The number of rotatable bonds is 3. The number of anilines is 4. The third-order valence-electron chi connectivity index (χ3n) is 2.28. The van der Waals surface area contributed by atoms with Gasteiger partial charge < -0.3 is 16.4 Å². The number of nitrogen functional groups attached to an aromatic ring is 1. The fourth-order valence-corrected chi connectivity index (χ4v) is 1.36. The lowest BCUT2D eigenvalue weighted by Gasteiger charge is -2.09. The van der Waals surface area contributed by atoms with Crippen molar-refractivity contribution in [1.29, 1.82) is 0 Å². The SMILES string of the molecule is CNc1ncnc(Nc2ccc(C)cn2)c1N. The molecule has 0 fully saturated rings. The van der Waals surface area contributed by atoms with Crippen molar-refractivity contribution in [2.24, 2.45) is 0 Å². The molecule has 0 aliphatic rings. The molecule has 0 amide bonds. The maximum atomic E-state index is 5.89. The van der Waals surface area contributed by atoms with E-state index < -0.39 is 0 Å². The van der Waals surface area contributed by atoms with Gasteiger partial charge in [-0.05, 0) is 18.6 Å². The third-order valence-corrected chi connectivity index (χ3v) is 2.28. The van der Waals surface area contributed by atoms with Gasteiger partial charge in [0.15, 0.2) is 11.6 Å². The van der Waals surface area contributed by atoms with Crippen LogP contribution < -0.4 is 16.4 Å². The lowest BCUT2D eigenvalue weighted by Crippen LogP contribution is -2.05. The van der Waals surface area contributed by atoms with Crippen LogP contribution in [0.3, 0.4) is 0 Å². The average molecular weight is 230 g/mol.